The maximum atomic E-state index is 12.7. The number of amides is 1. The number of sulfonamides is 1. The zero-order chi connectivity index (χ0) is 18.4. The van der Waals surface area contributed by atoms with Crippen molar-refractivity contribution in [2.45, 2.75) is 39.2 Å². The number of aryl methyl sites for hydroxylation is 1. The van der Waals surface area contributed by atoms with Crippen LogP contribution in [0.3, 0.4) is 0 Å². The van der Waals surface area contributed by atoms with E-state index >= 15 is 0 Å². The van der Waals surface area contributed by atoms with Gasteiger partial charge in [0.2, 0.25) is 15.9 Å². The summed E-state index contributed by atoms with van der Waals surface area (Å²) < 4.78 is 31.7. The van der Waals surface area contributed by atoms with Crippen LogP contribution in [0, 0.1) is 6.92 Å². The smallest absolute Gasteiger partial charge is 0.240 e. The summed E-state index contributed by atoms with van der Waals surface area (Å²) in [5.74, 6) is 0.709. The zero-order valence-corrected chi connectivity index (χ0v) is 16.1. The van der Waals surface area contributed by atoms with Gasteiger partial charge >= 0.3 is 0 Å². The molecule has 1 unspecified atom stereocenters. The number of carbonyl (C=O) groups excluding carboxylic acids is 1. The second-order valence-electron chi connectivity index (χ2n) is 6.51. The summed E-state index contributed by atoms with van der Waals surface area (Å²) in [5.41, 5.74) is 1.16. The van der Waals surface area contributed by atoms with Gasteiger partial charge in [0.05, 0.1) is 12.3 Å². The standard InChI is InChI=1S/C18H28N2O4S/c1-4-14-25(22,23)20-11-5-6-17(20)18(21)19(3)12-13-24-16-9-7-15(2)8-10-16/h7-10,17H,4-6,11-14H2,1-3H3. The molecule has 1 aliphatic heterocycles. The number of likely N-dealkylation sites (N-methyl/N-ethyl adjacent to an activating group) is 1. The highest BCUT2D eigenvalue weighted by Gasteiger charge is 2.39. The van der Waals surface area contributed by atoms with Gasteiger partial charge in [0.25, 0.3) is 0 Å². The zero-order valence-electron chi connectivity index (χ0n) is 15.3. The maximum Gasteiger partial charge on any atom is 0.240 e. The Hall–Kier alpha value is -1.60. The van der Waals surface area contributed by atoms with Gasteiger partial charge in [-0.2, -0.15) is 4.31 Å². The Labute approximate surface area is 150 Å². The normalized spacial score (nSPS) is 18.3. The van der Waals surface area contributed by atoms with Crippen molar-refractivity contribution in [3.05, 3.63) is 29.8 Å². The fraction of sp³-hybridized carbons (Fsp3) is 0.611. The lowest BCUT2D eigenvalue weighted by atomic mass is 10.2. The molecule has 1 atom stereocenters. The second kappa shape index (κ2) is 8.67. The molecule has 0 radical (unpaired) electrons. The lowest BCUT2D eigenvalue weighted by Gasteiger charge is -2.27. The van der Waals surface area contributed by atoms with Crippen molar-refractivity contribution in [1.29, 1.82) is 0 Å². The Morgan fingerprint density at radius 3 is 2.64 bits per heavy atom. The van der Waals surface area contributed by atoms with Crippen molar-refractivity contribution in [3.63, 3.8) is 0 Å². The largest absolute Gasteiger partial charge is 0.492 e. The minimum atomic E-state index is -3.35. The third kappa shape index (κ3) is 5.19. The molecule has 25 heavy (non-hydrogen) atoms. The molecule has 0 bridgehead atoms. The summed E-state index contributed by atoms with van der Waals surface area (Å²) >= 11 is 0. The average Bonchev–Trinajstić information content (AvgIpc) is 3.06. The van der Waals surface area contributed by atoms with E-state index < -0.39 is 16.1 Å². The van der Waals surface area contributed by atoms with E-state index in [0.29, 0.717) is 32.5 Å². The van der Waals surface area contributed by atoms with E-state index in [-0.39, 0.29) is 11.7 Å². The molecule has 1 saturated heterocycles. The Kier molecular flexibility index (Phi) is 6.84. The fourth-order valence-electron chi connectivity index (χ4n) is 2.99. The predicted octanol–water partition coefficient (Wildman–Crippen LogP) is 2.04. The van der Waals surface area contributed by atoms with Crippen molar-refractivity contribution in [2.24, 2.45) is 0 Å². The highest BCUT2D eigenvalue weighted by Crippen LogP contribution is 2.23. The molecule has 1 aromatic carbocycles. The van der Waals surface area contributed by atoms with Crippen LogP contribution in [0.2, 0.25) is 0 Å². The summed E-state index contributed by atoms with van der Waals surface area (Å²) in [6.45, 7) is 5.08. The Morgan fingerprint density at radius 2 is 2.00 bits per heavy atom. The van der Waals surface area contributed by atoms with E-state index in [2.05, 4.69) is 0 Å². The molecule has 1 aromatic rings. The monoisotopic (exact) mass is 368 g/mol. The van der Waals surface area contributed by atoms with Gasteiger partial charge < -0.3 is 9.64 Å². The van der Waals surface area contributed by atoms with E-state index in [1.807, 2.05) is 38.1 Å². The molecule has 6 nitrogen and oxygen atoms in total. The molecule has 1 heterocycles. The van der Waals surface area contributed by atoms with Gasteiger partial charge in [-0.25, -0.2) is 8.42 Å². The van der Waals surface area contributed by atoms with E-state index in [1.54, 1.807) is 11.9 Å². The summed E-state index contributed by atoms with van der Waals surface area (Å²) in [4.78, 5) is 14.2. The van der Waals surface area contributed by atoms with E-state index in [0.717, 1.165) is 17.7 Å². The molecule has 1 amide bonds. The van der Waals surface area contributed by atoms with Gasteiger partial charge in [-0.1, -0.05) is 24.6 Å². The third-order valence-corrected chi connectivity index (χ3v) is 6.48. The number of benzene rings is 1. The van der Waals surface area contributed by atoms with Crippen LogP contribution < -0.4 is 4.74 Å². The van der Waals surface area contributed by atoms with Gasteiger partial charge in [-0.3, -0.25) is 4.79 Å². The second-order valence-corrected chi connectivity index (χ2v) is 8.55. The van der Waals surface area contributed by atoms with Crippen LogP contribution in [-0.2, 0) is 14.8 Å². The number of carbonyl (C=O) groups is 1. The van der Waals surface area contributed by atoms with Crippen LogP contribution >= 0.6 is 0 Å². The van der Waals surface area contributed by atoms with Gasteiger partial charge in [0.15, 0.2) is 0 Å². The van der Waals surface area contributed by atoms with E-state index in [9.17, 15) is 13.2 Å². The van der Waals surface area contributed by atoms with Crippen molar-refractivity contribution >= 4 is 15.9 Å². The number of ether oxygens (including phenoxy) is 1. The molecule has 140 valence electrons. The highest BCUT2D eigenvalue weighted by atomic mass is 32.2. The van der Waals surface area contributed by atoms with Crippen molar-refractivity contribution < 1.29 is 17.9 Å². The molecular formula is C18H28N2O4S. The topological polar surface area (TPSA) is 66.9 Å². The van der Waals surface area contributed by atoms with Crippen LogP contribution in [-0.4, -0.2) is 62.1 Å². The third-order valence-electron chi connectivity index (χ3n) is 4.40. The van der Waals surface area contributed by atoms with Gasteiger partial charge in [-0.15, -0.1) is 0 Å². The maximum absolute atomic E-state index is 12.7. The van der Waals surface area contributed by atoms with Crippen LogP contribution in [0.5, 0.6) is 5.75 Å². The van der Waals surface area contributed by atoms with Crippen molar-refractivity contribution in [1.82, 2.24) is 9.21 Å². The van der Waals surface area contributed by atoms with Gasteiger partial charge in [0.1, 0.15) is 18.4 Å². The molecule has 0 spiro atoms. The predicted molar refractivity (Wildman–Crippen MR) is 98.1 cm³/mol. The van der Waals surface area contributed by atoms with Crippen LogP contribution in [0.25, 0.3) is 0 Å². The lowest BCUT2D eigenvalue weighted by Crippen LogP contribution is -2.47. The molecule has 0 N–H and O–H groups in total. The van der Waals surface area contributed by atoms with Crippen LogP contribution in [0.4, 0.5) is 0 Å². The fourth-order valence-corrected chi connectivity index (χ4v) is 4.74. The van der Waals surface area contributed by atoms with E-state index in [4.69, 9.17) is 4.74 Å². The average molecular weight is 368 g/mol. The summed E-state index contributed by atoms with van der Waals surface area (Å²) in [5, 5.41) is 0. The molecule has 0 aliphatic carbocycles. The minimum absolute atomic E-state index is 0.0943. The van der Waals surface area contributed by atoms with Crippen LogP contribution in [0.1, 0.15) is 31.7 Å². The van der Waals surface area contributed by atoms with Crippen molar-refractivity contribution in [2.75, 3.05) is 32.5 Å². The molecule has 2 rings (SSSR count). The summed E-state index contributed by atoms with van der Waals surface area (Å²) in [6.07, 6.45) is 1.87. The minimum Gasteiger partial charge on any atom is -0.492 e. The number of nitrogens with zero attached hydrogens (tertiary/aromatic N) is 2. The molecule has 7 heteroatoms. The molecule has 1 fully saturated rings. The lowest BCUT2D eigenvalue weighted by molar-refractivity contribution is -0.133. The summed E-state index contributed by atoms with van der Waals surface area (Å²) in [6, 6.07) is 7.17. The number of rotatable bonds is 8. The number of hydrogen-bond acceptors (Lipinski definition) is 4. The van der Waals surface area contributed by atoms with Crippen LogP contribution in [0.15, 0.2) is 24.3 Å². The Bertz CT molecular complexity index is 673. The first kappa shape index (κ1) is 19.7. The Morgan fingerprint density at radius 1 is 1.32 bits per heavy atom. The quantitative estimate of drug-likeness (QED) is 0.704. The summed E-state index contributed by atoms with van der Waals surface area (Å²) in [7, 11) is -1.65. The Balaban J connectivity index is 1.89. The highest BCUT2D eigenvalue weighted by molar-refractivity contribution is 7.89. The molecule has 0 saturated carbocycles. The van der Waals surface area contributed by atoms with Crippen molar-refractivity contribution in [3.8, 4) is 5.75 Å². The molecule has 0 aromatic heterocycles. The van der Waals surface area contributed by atoms with Gasteiger partial charge in [-0.05, 0) is 38.3 Å². The first-order chi connectivity index (χ1) is 11.8. The first-order valence-corrected chi connectivity index (χ1v) is 10.4. The van der Waals surface area contributed by atoms with E-state index in [1.165, 1.54) is 4.31 Å². The SMILES string of the molecule is CCCS(=O)(=O)N1CCCC1C(=O)N(C)CCOc1ccc(C)cc1. The number of hydrogen-bond donors (Lipinski definition) is 0. The van der Waals surface area contributed by atoms with Gasteiger partial charge in [0, 0.05) is 13.6 Å². The molecular weight excluding hydrogens is 340 g/mol. The first-order valence-electron chi connectivity index (χ1n) is 8.79. The molecule has 1 aliphatic rings.